The Morgan fingerprint density at radius 3 is 2.94 bits per heavy atom. The molecule has 1 atom stereocenters. The molecule has 2 rings (SSSR count). The molecule has 0 aromatic carbocycles. The molecule has 1 aliphatic carbocycles. The minimum Gasteiger partial charge on any atom is -0.394 e. The Morgan fingerprint density at radius 2 is 2.44 bits per heavy atom. The van der Waals surface area contributed by atoms with Gasteiger partial charge in [-0.15, -0.1) is 11.3 Å². The number of methoxy groups -OCH3 is 1. The van der Waals surface area contributed by atoms with Crippen molar-refractivity contribution in [3.8, 4) is 0 Å². The summed E-state index contributed by atoms with van der Waals surface area (Å²) in [4.78, 5) is 1.30. The lowest BCUT2D eigenvalue weighted by Crippen LogP contribution is -2.53. The predicted molar refractivity (Wildman–Crippen MR) is 65.6 cm³/mol. The fourth-order valence-electron chi connectivity index (χ4n) is 2.11. The van der Waals surface area contributed by atoms with Gasteiger partial charge in [-0.2, -0.15) is 0 Å². The molecule has 0 saturated heterocycles. The van der Waals surface area contributed by atoms with Crippen LogP contribution in [0.15, 0.2) is 17.5 Å². The van der Waals surface area contributed by atoms with Crippen molar-refractivity contribution in [3.63, 3.8) is 0 Å². The summed E-state index contributed by atoms with van der Waals surface area (Å²) >= 11 is 1.74. The standard InChI is InChI=1S/C12H19NO2S/c1-15-9-12(8-14,10-4-5-10)13-7-11-3-2-6-16-11/h2-3,6,10,13-14H,4-5,7-9H2,1H3. The van der Waals surface area contributed by atoms with Gasteiger partial charge < -0.3 is 15.2 Å². The SMILES string of the molecule is COCC(CO)(NCc1cccs1)C1CC1. The van der Waals surface area contributed by atoms with Crippen LogP contribution in [0.4, 0.5) is 0 Å². The van der Waals surface area contributed by atoms with Crippen LogP contribution in [-0.2, 0) is 11.3 Å². The Bertz CT molecular complexity index is 311. The summed E-state index contributed by atoms with van der Waals surface area (Å²) in [5, 5.41) is 15.2. The van der Waals surface area contributed by atoms with E-state index in [-0.39, 0.29) is 12.1 Å². The van der Waals surface area contributed by atoms with E-state index in [2.05, 4.69) is 22.8 Å². The molecule has 1 aliphatic rings. The van der Waals surface area contributed by atoms with Crippen molar-refractivity contribution in [2.24, 2.45) is 5.92 Å². The van der Waals surface area contributed by atoms with Gasteiger partial charge in [0.05, 0.1) is 18.8 Å². The molecule has 0 radical (unpaired) electrons. The first-order valence-electron chi connectivity index (χ1n) is 5.68. The van der Waals surface area contributed by atoms with Crippen molar-refractivity contribution in [3.05, 3.63) is 22.4 Å². The van der Waals surface area contributed by atoms with Crippen molar-refractivity contribution >= 4 is 11.3 Å². The fraction of sp³-hybridized carbons (Fsp3) is 0.667. The van der Waals surface area contributed by atoms with E-state index >= 15 is 0 Å². The highest BCUT2D eigenvalue weighted by Gasteiger charge is 2.44. The van der Waals surface area contributed by atoms with E-state index in [4.69, 9.17) is 4.74 Å². The smallest absolute Gasteiger partial charge is 0.0682 e. The predicted octanol–water partition coefficient (Wildman–Crippen LogP) is 1.63. The van der Waals surface area contributed by atoms with Crippen LogP contribution in [-0.4, -0.2) is 31.0 Å². The van der Waals surface area contributed by atoms with Crippen molar-refractivity contribution in [1.82, 2.24) is 5.32 Å². The highest BCUT2D eigenvalue weighted by Crippen LogP contribution is 2.40. The van der Waals surface area contributed by atoms with Crippen molar-refractivity contribution in [2.45, 2.75) is 24.9 Å². The van der Waals surface area contributed by atoms with Gasteiger partial charge in [0.15, 0.2) is 0 Å². The molecule has 1 aromatic rings. The van der Waals surface area contributed by atoms with Crippen molar-refractivity contribution in [1.29, 1.82) is 0 Å². The van der Waals surface area contributed by atoms with Crippen molar-refractivity contribution < 1.29 is 9.84 Å². The normalized spacial score (nSPS) is 19.6. The second-order valence-electron chi connectivity index (χ2n) is 4.45. The van der Waals surface area contributed by atoms with Crippen LogP contribution in [0.1, 0.15) is 17.7 Å². The molecule has 1 aromatic heterocycles. The molecule has 0 spiro atoms. The van der Waals surface area contributed by atoms with Gasteiger partial charge in [0.25, 0.3) is 0 Å². The van der Waals surface area contributed by atoms with Gasteiger partial charge in [-0.3, -0.25) is 0 Å². The van der Waals surface area contributed by atoms with Gasteiger partial charge in [-0.1, -0.05) is 6.07 Å². The van der Waals surface area contributed by atoms with Crippen molar-refractivity contribution in [2.75, 3.05) is 20.3 Å². The number of aliphatic hydroxyl groups excluding tert-OH is 1. The zero-order valence-corrected chi connectivity index (χ0v) is 10.4. The maximum Gasteiger partial charge on any atom is 0.0682 e. The Labute approximate surface area is 100 Å². The molecule has 0 aliphatic heterocycles. The first kappa shape index (κ1) is 12.0. The van der Waals surface area contributed by atoms with Crippen LogP contribution in [0, 0.1) is 5.92 Å². The van der Waals surface area contributed by atoms with E-state index in [1.807, 2.05) is 0 Å². The molecule has 1 unspecified atom stereocenters. The monoisotopic (exact) mass is 241 g/mol. The van der Waals surface area contributed by atoms with E-state index in [0.717, 1.165) is 6.54 Å². The molecule has 3 nitrogen and oxygen atoms in total. The number of rotatable bonds is 7. The fourth-order valence-corrected chi connectivity index (χ4v) is 2.76. The van der Waals surface area contributed by atoms with Gasteiger partial charge in [-0.25, -0.2) is 0 Å². The summed E-state index contributed by atoms with van der Waals surface area (Å²) < 4.78 is 5.25. The first-order chi connectivity index (χ1) is 7.80. The van der Waals surface area contributed by atoms with E-state index < -0.39 is 0 Å². The molecule has 2 N–H and O–H groups in total. The number of hydrogen-bond donors (Lipinski definition) is 2. The molecule has 4 heteroatoms. The quantitative estimate of drug-likeness (QED) is 0.762. The van der Waals surface area contributed by atoms with E-state index in [9.17, 15) is 5.11 Å². The lowest BCUT2D eigenvalue weighted by molar-refractivity contribution is 0.0471. The van der Waals surface area contributed by atoms with Crippen LogP contribution >= 0.6 is 11.3 Å². The van der Waals surface area contributed by atoms with Crippen LogP contribution in [0.2, 0.25) is 0 Å². The molecule has 1 saturated carbocycles. The van der Waals surface area contributed by atoms with Crippen LogP contribution in [0.25, 0.3) is 0 Å². The number of aliphatic hydroxyl groups is 1. The average Bonchev–Trinajstić information content (AvgIpc) is 3.03. The number of nitrogens with one attached hydrogen (secondary N) is 1. The number of thiophene rings is 1. The van der Waals surface area contributed by atoms with Crippen LogP contribution in [0.5, 0.6) is 0 Å². The molecule has 1 fully saturated rings. The summed E-state index contributed by atoms with van der Waals surface area (Å²) in [7, 11) is 1.69. The minimum atomic E-state index is -0.237. The van der Waals surface area contributed by atoms with E-state index in [1.54, 1.807) is 18.4 Å². The van der Waals surface area contributed by atoms with Crippen LogP contribution < -0.4 is 5.32 Å². The Hall–Kier alpha value is -0.420. The third kappa shape index (κ3) is 2.63. The van der Waals surface area contributed by atoms with Gasteiger partial charge >= 0.3 is 0 Å². The lowest BCUT2D eigenvalue weighted by atomic mass is 9.95. The zero-order chi connectivity index (χ0) is 11.4. The first-order valence-corrected chi connectivity index (χ1v) is 6.56. The Morgan fingerprint density at radius 1 is 1.62 bits per heavy atom. The summed E-state index contributed by atoms with van der Waals surface area (Å²) in [6.07, 6.45) is 2.39. The van der Waals surface area contributed by atoms with Crippen LogP contribution in [0.3, 0.4) is 0 Å². The molecular weight excluding hydrogens is 222 g/mol. The summed E-state index contributed by atoms with van der Waals surface area (Å²) in [5.74, 6) is 0.567. The maximum absolute atomic E-state index is 9.61. The van der Waals surface area contributed by atoms with E-state index in [0.29, 0.717) is 12.5 Å². The number of hydrogen-bond acceptors (Lipinski definition) is 4. The van der Waals surface area contributed by atoms with Gasteiger partial charge in [0, 0.05) is 18.5 Å². The summed E-state index contributed by atoms with van der Waals surface area (Å²) in [6, 6.07) is 4.16. The minimum absolute atomic E-state index is 0.150. The summed E-state index contributed by atoms with van der Waals surface area (Å²) in [5.41, 5.74) is -0.237. The molecule has 90 valence electrons. The Balaban J connectivity index is 1.95. The largest absolute Gasteiger partial charge is 0.394 e. The highest BCUT2D eigenvalue weighted by molar-refractivity contribution is 7.09. The highest BCUT2D eigenvalue weighted by atomic mass is 32.1. The lowest BCUT2D eigenvalue weighted by Gasteiger charge is -2.32. The summed E-state index contributed by atoms with van der Waals surface area (Å²) in [6.45, 7) is 1.55. The molecular formula is C12H19NO2S. The maximum atomic E-state index is 9.61. The molecule has 1 heterocycles. The topological polar surface area (TPSA) is 41.5 Å². The van der Waals surface area contributed by atoms with Gasteiger partial charge in [0.1, 0.15) is 0 Å². The average molecular weight is 241 g/mol. The zero-order valence-electron chi connectivity index (χ0n) is 9.61. The third-order valence-electron chi connectivity index (χ3n) is 3.24. The molecule has 0 bridgehead atoms. The van der Waals surface area contributed by atoms with Gasteiger partial charge in [0.2, 0.25) is 0 Å². The number of ether oxygens (including phenoxy) is 1. The molecule has 16 heavy (non-hydrogen) atoms. The Kier molecular flexibility index (Phi) is 3.97. The third-order valence-corrected chi connectivity index (χ3v) is 4.11. The molecule has 0 amide bonds. The second-order valence-corrected chi connectivity index (χ2v) is 5.49. The van der Waals surface area contributed by atoms with E-state index in [1.165, 1.54) is 17.7 Å². The second kappa shape index (κ2) is 5.27. The van der Waals surface area contributed by atoms with Gasteiger partial charge in [-0.05, 0) is 30.2 Å².